The monoisotopic (exact) mass is 314 g/mol. The van der Waals surface area contributed by atoms with Crippen LogP contribution < -0.4 is 4.90 Å². The van der Waals surface area contributed by atoms with Gasteiger partial charge in [0.25, 0.3) is 0 Å². The van der Waals surface area contributed by atoms with Gasteiger partial charge >= 0.3 is 0 Å². The molecule has 2 N–H and O–H groups in total. The van der Waals surface area contributed by atoms with Crippen LogP contribution in [0.15, 0.2) is 30.3 Å². The van der Waals surface area contributed by atoms with Crippen LogP contribution >= 0.6 is 0 Å². The van der Waals surface area contributed by atoms with E-state index in [2.05, 4.69) is 30.9 Å². The fourth-order valence-corrected chi connectivity index (χ4v) is 3.82. The van der Waals surface area contributed by atoms with Gasteiger partial charge in [0.2, 0.25) is 0 Å². The molecule has 0 unspecified atom stereocenters. The highest BCUT2D eigenvalue weighted by Gasteiger charge is 2.42. The Kier molecular flexibility index (Phi) is 4.55. The van der Waals surface area contributed by atoms with Crippen LogP contribution in [0.5, 0.6) is 0 Å². The molecule has 2 aromatic rings. The van der Waals surface area contributed by atoms with Gasteiger partial charge in [-0.05, 0) is 37.5 Å². The third-order valence-electron chi connectivity index (χ3n) is 5.18. The van der Waals surface area contributed by atoms with Crippen molar-refractivity contribution >= 4 is 16.7 Å². The first-order valence-electron chi connectivity index (χ1n) is 8.50. The maximum absolute atomic E-state index is 10.4. The number of aliphatic hydroxyl groups excluding tert-OH is 2. The van der Waals surface area contributed by atoms with E-state index in [0.29, 0.717) is 13.0 Å². The van der Waals surface area contributed by atoms with E-state index < -0.39 is 11.5 Å². The van der Waals surface area contributed by atoms with Gasteiger partial charge in [-0.1, -0.05) is 31.5 Å². The first-order valence-corrected chi connectivity index (χ1v) is 8.50. The molecular weight excluding hydrogens is 288 g/mol. The number of aliphatic hydroxyl groups is 2. The van der Waals surface area contributed by atoms with Crippen LogP contribution in [-0.2, 0) is 0 Å². The topological polar surface area (TPSA) is 56.6 Å². The lowest BCUT2D eigenvalue weighted by molar-refractivity contribution is -0.0353. The number of rotatable bonds is 4. The molecule has 1 aliphatic rings. The summed E-state index contributed by atoms with van der Waals surface area (Å²) in [5.41, 5.74) is 1.77. The summed E-state index contributed by atoms with van der Waals surface area (Å²) in [6.45, 7) is 5.66. The number of aromatic nitrogens is 1. The Morgan fingerprint density at radius 3 is 2.87 bits per heavy atom. The van der Waals surface area contributed by atoms with Crippen LogP contribution in [0.3, 0.4) is 0 Å². The number of aryl methyl sites for hydroxylation is 1. The first kappa shape index (κ1) is 16.2. The molecule has 0 bridgehead atoms. The highest BCUT2D eigenvalue weighted by atomic mass is 16.3. The van der Waals surface area contributed by atoms with Gasteiger partial charge < -0.3 is 15.1 Å². The molecule has 0 radical (unpaired) electrons. The Hall–Kier alpha value is -1.65. The zero-order chi connectivity index (χ0) is 16.4. The van der Waals surface area contributed by atoms with E-state index in [4.69, 9.17) is 4.98 Å². The quantitative estimate of drug-likeness (QED) is 0.911. The molecule has 2 heterocycles. The minimum Gasteiger partial charge on any atom is -0.396 e. The van der Waals surface area contributed by atoms with Crippen molar-refractivity contribution < 1.29 is 10.2 Å². The average Bonchev–Trinajstić information content (AvgIpc) is 2.57. The summed E-state index contributed by atoms with van der Waals surface area (Å²) in [5.74, 6) is 0.946. The van der Waals surface area contributed by atoms with Crippen molar-refractivity contribution in [1.82, 2.24) is 4.98 Å². The lowest BCUT2D eigenvalue weighted by Gasteiger charge is -2.45. The lowest BCUT2D eigenvalue weighted by atomic mass is 9.74. The molecular formula is C19H26N2O2. The zero-order valence-electron chi connectivity index (χ0n) is 14.0. The highest BCUT2D eigenvalue weighted by molar-refractivity contribution is 5.83. The van der Waals surface area contributed by atoms with Gasteiger partial charge in [-0.3, -0.25) is 0 Å². The van der Waals surface area contributed by atoms with E-state index in [1.807, 2.05) is 18.2 Å². The first-order chi connectivity index (χ1) is 11.1. The molecule has 1 fully saturated rings. The van der Waals surface area contributed by atoms with E-state index in [9.17, 15) is 10.2 Å². The van der Waals surface area contributed by atoms with Gasteiger partial charge in [-0.2, -0.15) is 0 Å². The van der Waals surface area contributed by atoms with Crippen molar-refractivity contribution in [2.45, 2.75) is 39.2 Å². The summed E-state index contributed by atoms with van der Waals surface area (Å²) in [7, 11) is 0. The summed E-state index contributed by atoms with van der Waals surface area (Å²) in [4.78, 5) is 7.03. The van der Waals surface area contributed by atoms with Crippen LogP contribution in [-0.4, -0.2) is 41.0 Å². The maximum Gasteiger partial charge on any atom is 0.129 e. The summed E-state index contributed by atoms with van der Waals surface area (Å²) in [6.07, 6.45) is 2.02. The van der Waals surface area contributed by atoms with Crippen molar-refractivity contribution in [3.05, 3.63) is 35.9 Å². The largest absolute Gasteiger partial charge is 0.396 e. The molecule has 1 saturated heterocycles. The van der Waals surface area contributed by atoms with E-state index >= 15 is 0 Å². The van der Waals surface area contributed by atoms with Crippen LogP contribution in [0, 0.1) is 12.3 Å². The Bertz CT molecular complexity index is 688. The number of piperidine rings is 1. The minimum atomic E-state index is -0.440. The summed E-state index contributed by atoms with van der Waals surface area (Å²) in [6, 6.07) is 10.3. The highest BCUT2D eigenvalue weighted by Crippen LogP contribution is 2.36. The Morgan fingerprint density at radius 2 is 2.13 bits per heavy atom. The second kappa shape index (κ2) is 6.46. The van der Waals surface area contributed by atoms with Gasteiger partial charge in [0.1, 0.15) is 5.82 Å². The molecule has 1 aromatic carbocycles. The van der Waals surface area contributed by atoms with Crippen molar-refractivity contribution in [3.63, 3.8) is 0 Å². The number of hydrogen-bond acceptors (Lipinski definition) is 4. The van der Waals surface area contributed by atoms with E-state index in [1.165, 1.54) is 10.9 Å². The molecule has 4 heteroatoms. The minimum absolute atomic E-state index is 0.0189. The molecule has 2 atom stereocenters. The third kappa shape index (κ3) is 2.93. The standard InChI is InChI=1S/C19H26N2O2/c1-3-9-19(13-22)12-21(10-8-17(19)23)18-11-14(2)15-6-4-5-7-16(15)20-18/h4-7,11,17,22-23H,3,8-10,12-13H2,1-2H3/t17-,19+/m1/s1. The van der Waals surface area contributed by atoms with E-state index in [0.717, 1.165) is 30.7 Å². The lowest BCUT2D eigenvalue weighted by Crippen LogP contribution is -2.54. The SMILES string of the molecule is CCC[C@@]1(CO)CN(c2cc(C)c3ccccc3n2)CC[C@H]1O. The van der Waals surface area contributed by atoms with Gasteiger partial charge in [-0.15, -0.1) is 0 Å². The normalized spacial score (nSPS) is 25.0. The molecule has 124 valence electrons. The molecule has 3 rings (SSSR count). The Balaban J connectivity index is 1.95. The van der Waals surface area contributed by atoms with Crippen LogP contribution in [0.1, 0.15) is 31.7 Å². The average molecular weight is 314 g/mol. The number of nitrogens with zero attached hydrogens (tertiary/aromatic N) is 2. The Labute approximate surface area is 137 Å². The molecule has 0 amide bonds. The van der Waals surface area contributed by atoms with Gasteiger partial charge in [-0.25, -0.2) is 4.98 Å². The van der Waals surface area contributed by atoms with Gasteiger partial charge in [0.05, 0.1) is 18.2 Å². The predicted molar refractivity (Wildman–Crippen MR) is 93.7 cm³/mol. The van der Waals surface area contributed by atoms with Gasteiger partial charge in [0.15, 0.2) is 0 Å². The van der Waals surface area contributed by atoms with Crippen LogP contribution in [0.25, 0.3) is 10.9 Å². The fraction of sp³-hybridized carbons (Fsp3) is 0.526. The predicted octanol–water partition coefficient (Wildman–Crippen LogP) is 2.89. The number of fused-ring (bicyclic) bond motifs is 1. The molecule has 23 heavy (non-hydrogen) atoms. The molecule has 1 aromatic heterocycles. The number of hydrogen-bond donors (Lipinski definition) is 2. The Morgan fingerprint density at radius 1 is 1.35 bits per heavy atom. The van der Waals surface area contributed by atoms with Gasteiger partial charge in [0, 0.05) is 23.9 Å². The summed E-state index contributed by atoms with van der Waals surface area (Å²) in [5, 5.41) is 21.5. The number of pyridine rings is 1. The zero-order valence-corrected chi connectivity index (χ0v) is 14.0. The third-order valence-corrected chi connectivity index (χ3v) is 5.18. The molecule has 0 spiro atoms. The maximum atomic E-state index is 10.4. The molecule has 4 nitrogen and oxygen atoms in total. The number of benzene rings is 1. The van der Waals surface area contributed by atoms with E-state index in [-0.39, 0.29) is 6.61 Å². The summed E-state index contributed by atoms with van der Waals surface area (Å²) >= 11 is 0. The smallest absolute Gasteiger partial charge is 0.129 e. The molecule has 0 aliphatic carbocycles. The second-order valence-electron chi connectivity index (χ2n) is 6.81. The fourth-order valence-electron chi connectivity index (χ4n) is 3.82. The molecule has 1 aliphatic heterocycles. The van der Waals surface area contributed by atoms with E-state index in [1.54, 1.807) is 0 Å². The molecule has 0 saturated carbocycles. The van der Waals surface area contributed by atoms with Crippen LogP contribution in [0.4, 0.5) is 5.82 Å². The van der Waals surface area contributed by atoms with Crippen molar-refractivity contribution in [2.75, 3.05) is 24.6 Å². The number of para-hydroxylation sites is 1. The second-order valence-corrected chi connectivity index (χ2v) is 6.81. The number of anilines is 1. The van der Waals surface area contributed by atoms with Crippen molar-refractivity contribution in [2.24, 2.45) is 5.41 Å². The van der Waals surface area contributed by atoms with Crippen LogP contribution in [0.2, 0.25) is 0 Å². The van der Waals surface area contributed by atoms with Crippen molar-refractivity contribution in [1.29, 1.82) is 0 Å². The van der Waals surface area contributed by atoms with Crippen molar-refractivity contribution in [3.8, 4) is 0 Å². The summed E-state index contributed by atoms with van der Waals surface area (Å²) < 4.78 is 0.